The minimum atomic E-state index is -0.461. The Kier molecular flexibility index (Phi) is 8.96. The summed E-state index contributed by atoms with van der Waals surface area (Å²) >= 11 is 1.37. The molecular formula is C30H28N4O4S. The van der Waals surface area contributed by atoms with Crippen molar-refractivity contribution < 1.29 is 18.9 Å². The second-order valence-corrected chi connectivity index (χ2v) is 10.3. The van der Waals surface area contributed by atoms with Crippen LogP contribution in [0.2, 0.25) is 0 Å². The number of benzene rings is 3. The fraction of sp³-hybridized carbons (Fsp3) is 0.133. The van der Waals surface area contributed by atoms with Crippen LogP contribution < -0.4 is 16.0 Å². The second kappa shape index (κ2) is 12.7. The highest BCUT2D eigenvalue weighted by atomic mass is 32.2. The van der Waals surface area contributed by atoms with Gasteiger partial charge in [-0.15, -0.1) is 11.8 Å². The van der Waals surface area contributed by atoms with Crippen molar-refractivity contribution in [3.8, 4) is 0 Å². The summed E-state index contributed by atoms with van der Waals surface area (Å²) < 4.78 is 4.97. The van der Waals surface area contributed by atoms with E-state index in [-0.39, 0.29) is 22.8 Å². The minimum absolute atomic E-state index is 0.112. The predicted molar refractivity (Wildman–Crippen MR) is 153 cm³/mol. The van der Waals surface area contributed by atoms with Crippen molar-refractivity contribution in [1.29, 1.82) is 0 Å². The molecule has 1 heterocycles. The van der Waals surface area contributed by atoms with Gasteiger partial charge in [0.1, 0.15) is 11.5 Å². The largest absolute Gasteiger partial charge is 0.360 e. The number of hydrogen-bond acceptors (Lipinski definition) is 6. The Morgan fingerprint density at radius 3 is 2.31 bits per heavy atom. The number of carbonyl (C=O) groups excluding carboxylic acids is 3. The van der Waals surface area contributed by atoms with Crippen LogP contribution in [0, 0.1) is 13.8 Å². The number of carbonyl (C=O) groups is 3. The molecule has 1 aromatic heterocycles. The van der Waals surface area contributed by atoms with Gasteiger partial charge in [-0.2, -0.15) is 0 Å². The van der Waals surface area contributed by atoms with E-state index in [1.807, 2.05) is 49.4 Å². The summed E-state index contributed by atoms with van der Waals surface area (Å²) in [6.07, 6.45) is 1.64. The second-order valence-electron chi connectivity index (χ2n) is 8.84. The van der Waals surface area contributed by atoms with Crippen LogP contribution in [0.5, 0.6) is 0 Å². The summed E-state index contributed by atoms with van der Waals surface area (Å²) in [6, 6.07) is 25.1. The molecule has 0 radical (unpaired) electrons. The van der Waals surface area contributed by atoms with Gasteiger partial charge in [-0.05, 0) is 68.8 Å². The Morgan fingerprint density at radius 1 is 0.897 bits per heavy atom. The summed E-state index contributed by atoms with van der Waals surface area (Å²) in [5, 5.41) is 11.7. The maximum atomic E-state index is 13.2. The fourth-order valence-corrected chi connectivity index (χ4v) is 4.46. The van der Waals surface area contributed by atoms with Crippen molar-refractivity contribution in [3.63, 3.8) is 0 Å². The van der Waals surface area contributed by atoms with Crippen molar-refractivity contribution in [3.05, 3.63) is 113 Å². The van der Waals surface area contributed by atoms with Gasteiger partial charge in [-0.25, -0.2) is 0 Å². The lowest BCUT2D eigenvalue weighted by Gasteiger charge is -2.13. The molecule has 8 nitrogen and oxygen atoms in total. The number of aryl methyl sites for hydroxylation is 2. The number of aromatic nitrogens is 1. The lowest BCUT2D eigenvalue weighted by Crippen LogP contribution is -2.30. The Bertz CT molecular complexity index is 1500. The molecule has 0 fully saturated rings. The highest BCUT2D eigenvalue weighted by Crippen LogP contribution is 2.26. The molecule has 0 saturated heterocycles. The van der Waals surface area contributed by atoms with Gasteiger partial charge in [0.2, 0.25) is 5.91 Å². The van der Waals surface area contributed by atoms with E-state index in [1.54, 1.807) is 62.4 Å². The average molecular weight is 541 g/mol. The summed E-state index contributed by atoms with van der Waals surface area (Å²) in [6.45, 7) is 5.50. The van der Waals surface area contributed by atoms with Crippen LogP contribution in [-0.2, 0) is 9.59 Å². The highest BCUT2D eigenvalue weighted by molar-refractivity contribution is 8.00. The zero-order valence-electron chi connectivity index (χ0n) is 21.7. The molecule has 9 heteroatoms. The lowest BCUT2D eigenvalue weighted by molar-refractivity contribution is -0.115. The average Bonchev–Trinajstić information content (AvgIpc) is 3.34. The third kappa shape index (κ3) is 7.93. The molecule has 0 saturated carbocycles. The van der Waals surface area contributed by atoms with Gasteiger partial charge in [0.15, 0.2) is 5.82 Å². The maximum Gasteiger partial charge on any atom is 0.272 e. The molecule has 0 aliphatic carbocycles. The van der Waals surface area contributed by atoms with E-state index in [1.165, 1.54) is 11.8 Å². The molecule has 198 valence electrons. The molecule has 3 aromatic carbocycles. The highest BCUT2D eigenvalue weighted by Gasteiger charge is 2.17. The number of thioether (sulfide) groups is 1. The van der Waals surface area contributed by atoms with Gasteiger partial charge in [-0.3, -0.25) is 14.4 Å². The van der Waals surface area contributed by atoms with E-state index in [9.17, 15) is 14.4 Å². The number of anilines is 2. The van der Waals surface area contributed by atoms with Crippen LogP contribution in [0.15, 0.2) is 100 Å². The van der Waals surface area contributed by atoms with E-state index in [0.717, 1.165) is 16.0 Å². The van der Waals surface area contributed by atoms with Crippen molar-refractivity contribution >= 4 is 47.1 Å². The van der Waals surface area contributed by atoms with E-state index >= 15 is 0 Å². The fourth-order valence-electron chi connectivity index (χ4n) is 3.60. The molecule has 4 aromatic rings. The minimum Gasteiger partial charge on any atom is -0.360 e. The van der Waals surface area contributed by atoms with Gasteiger partial charge in [0, 0.05) is 22.2 Å². The van der Waals surface area contributed by atoms with Gasteiger partial charge < -0.3 is 20.5 Å². The van der Waals surface area contributed by atoms with E-state index < -0.39 is 5.91 Å². The monoisotopic (exact) mass is 540 g/mol. The van der Waals surface area contributed by atoms with Gasteiger partial charge in [0.05, 0.1) is 5.25 Å². The smallest absolute Gasteiger partial charge is 0.272 e. The van der Waals surface area contributed by atoms with E-state index in [0.29, 0.717) is 22.8 Å². The topological polar surface area (TPSA) is 113 Å². The standard InChI is InChI=1S/C30H28N4O4S/c1-19-8-7-9-22(16-19)18-26(32-29(36)23-10-5-4-6-11-23)30(37)31-24-12-14-25(15-13-24)39-21(3)28(35)33-27-17-20(2)38-34-27/h4-18,21H,1-3H3,(H,31,37)(H,32,36)(H,33,34,35)/b26-18-. The van der Waals surface area contributed by atoms with Crippen molar-refractivity contribution in [1.82, 2.24) is 10.5 Å². The maximum absolute atomic E-state index is 13.2. The Balaban J connectivity index is 1.43. The van der Waals surface area contributed by atoms with Crippen LogP contribution in [0.25, 0.3) is 6.08 Å². The van der Waals surface area contributed by atoms with Crippen molar-refractivity contribution in [2.45, 2.75) is 30.9 Å². The number of nitrogens with one attached hydrogen (secondary N) is 3. The quantitative estimate of drug-likeness (QED) is 0.182. The van der Waals surface area contributed by atoms with Crippen LogP contribution in [0.3, 0.4) is 0 Å². The van der Waals surface area contributed by atoms with E-state index in [2.05, 4.69) is 21.1 Å². The number of rotatable bonds is 9. The van der Waals surface area contributed by atoms with Crippen LogP contribution in [-0.4, -0.2) is 28.1 Å². The van der Waals surface area contributed by atoms with E-state index in [4.69, 9.17) is 4.52 Å². The SMILES string of the molecule is Cc1cccc(/C=C(\NC(=O)c2ccccc2)C(=O)Nc2ccc(SC(C)C(=O)Nc3cc(C)on3)cc2)c1. The first kappa shape index (κ1) is 27.4. The first-order valence-corrected chi connectivity index (χ1v) is 13.1. The zero-order chi connectivity index (χ0) is 27.8. The Morgan fingerprint density at radius 2 is 1.64 bits per heavy atom. The van der Waals surface area contributed by atoms with Gasteiger partial charge in [-0.1, -0.05) is 53.2 Å². The summed E-state index contributed by atoms with van der Waals surface area (Å²) in [4.78, 5) is 39.4. The molecule has 3 amide bonds. The van der Waals surface area contributed by atoms with Crippen molar-refractivity contribution in [2.24, 2.45) is 0 Å². The van der Waals surface area contributed by atoms with Crippen LogP contribution in [0.4, 0.5) is 11.5 Å². The normalized spacial score (nSPS) is 11.9. The summed E-state index contributed by atoms with van der Waals surface area (Å²) in [5.41, 5.74) is 2.92. The molecule has 4 rings (SSSR count). The molecular weight excluding hydrogens is 512 g/mol. The number of nitrogens with zero attached hydrogens (tertiary/aromatic N) is 1. The first-order chi connectivity index (χ1) is 18.8. The molecule has 0 spiro atoms. The van der Waals surface area contributed by atoms with Crippen LogP contribution in [0.1, 0.15) is 34.2 Å². The van der Waals surface area contributed by atoms with Gasteiger partial charge >= 0.3 is 0 Å². The van der Waals surface area contributed by atoms with Crippen LogP contribution >= 0.6 is 11.8 Å². The first-order valence-electron chi connectivity index (χ1n) is 12.2. The van der Waals surface area contributed by atoms with Crippen molar-refractivity contribution in [2.75, 3.05) is 10.6 Å². The third-order valence-electron chi connectivity index (χ3n) is 5.56. The number of hydrogen-bond donors (Lipinski definition) is 3. The summed E-state index contributed by atoms with van der Waals surface area (Å²) in [7, 11) is 0. The lowest BCUT2D eigenvalue weighted by atomic mass is 10.1. The molecule has 39 heavy (non-hydrogen) atoms. The predicted octanol–water partition coefficient (Wildman–Crippen LogP) is 5.82. The summed E-state index contributed by atoms with van der Waals surface area (Å²) in [5.74, 6) is -0.0660. The zero-order valence-corrected chi connectivity index (χ0v) is 22.5. The van der Waals surface area contributed by atoms with Gasteiger partial charge in [0.25, 0.3) is 11.8 Å². The Hall–Kier alpha value is -4.63. The molecule has 0 bridgehead atoms. The number of amides is 3. The molecule has 1 atom stereocenters. The molecule has 3 N–H and O–H groups in total. The molecule has 1 unspecified atom stereocenters. The molecule has 0 aliphatic heterocycles. The third-order valence-corrected chi connectivity index (χ3v) is 6.67. The molecule has 0 aliphatic rings. The Labute approximate surface area is 230 Å².